The van der Waals surface area contributed by atoms with Crippen LogP contribution in [0.3, 0.4) is 0 Å². The van der Waals surface area contributed by atoms with E-state index in [1.807, 2.05) is 67.8 Å². The molecule has 4 rings (SSSR count). The summed E-state index contributed by atoms with van der Waals surface area (Å²) in [7, 11) is 0. The second-order valence-electron chi connectivity index (χ2n) is 4.65. The van der Waals surface area contributed by atoms with Crippen molar-refractivity contribution in [3.05, 3.63) is 84.7 Å². The summed E-state index contributed by atoms with van der Waals surface area (Å²) in [6.07, 6.45) is 14.6. The molecule has 10 nitrogen and oxygen atoms in total. The van der Waals surface area contributed by atoms with Crippen molar-refractivity contribution in [1.29, 1.82) is 0 Å². The maximum atomic E-state index is 7.13. The average molecular weight is 476 g/mol. The fourth-order valence-electron chi connectivity index (χ4n) is 1.83. The Morgan fingerprint density at radius 2 is 0.793 bits per heavy atom. The van der Waals surface area contributed by atoms with Gasteiger partial charge >= 0.3 is 17.1 Å². The Balaban J connectivity index is 0.000000416. The van der Waals surface area contributed by atoms with Crippen LogP contribution in [0, 0.1) is 0 Å². The number of hydrogen-bond acceptors (Lipinski definition) is 6. The van der Waals surface area contributed by atoms with Crippen LogP contribution in [-0.4, -0.2) is 49.4 Å². The summed E-state index contributed by atoms with van der Waals surface area (Å²) >= 11 is 7.40. The molecule has 0 saturated carbocycles. The van der Waals surface area contributed by atoms with Crippen LogP contribution in [0.15, 0.2) is 73.8 Å². The van der Waals surface area contributed by atoms with Gasteiger partial charge in [-0.3, -0.25) is 18.7 Å². The van der Waals surface area contributed by atoms with Gasteiger partial charge in [-0.1, -0.05) is 24.4 Å². The molecule has 4 aromatic heterocycles. The summed E-state index contributed by atoms with van der Waals surface area (Å²) in [5.74, 6) is 0. The molecule has 0 saturated heterocycles. The van der Waals surface area contributed by atoms with Gasteiger partial charge in [-0.05, 0) is 24.3 Å². The van der Waals surface area contributed by atoms with Gasteiger partial charge in [0.1, 0.15) is 13.3 Å². The number of thiocarbonyl (C=S) groups is 2. The van der Waals surface area contributed by atoms with Gasteiger partial charge in [0.15, 0.2) is 0 Å². The molecule has 0 N–H and O–H groups in total. The molecule has 0 bridgehead atoms. The van der Waals surface area contributed by atoms with Gasteiger partial charge in [-0.25, -0.2) is 0 Å². The van der Waals surface area contributed by atoms with Crippen molar-refractivity contribution in [2.24, 2.45) is 0 Å². The first-order valence-corrected chi connectivity index (χ1v) is 8.47. The number of nitrogens with zero attached hydrogens (tertiary/aromatic N) is 10. The molecular formula is C16H16CuN10S2. The van der Waals surface area contributed by atoms with Crippen molar-refractivity contribution in [3.63, 3.8) is 0 Å². The predicted octanol–water partition coefficient (Wildman–Crippen LogP) is 2.49. The summed E-state index contributed by atoms with van der Waals surface area (Å²) in [5.41, 5.74) is 0. The molecule has 4 aromatic rings. The fraction of sp³-hybridized carbons (Fsp3) is 0.125. The Hall–Kier alpha value is -3.04. The summed E-state index contributed by atoms with van der Waals surface area (Å²) in [4.78, 5) is 0. The zero-order valence-electron chi connectivity index (χ0n) is 14.9. The average Bonchev–Trinajstić information content (AvgIpc) is 3.48. The van der Waals surface area contributed by atoms with E-state index in [1.54, 1.807) is 24.8 Å². The third kappa shape index (κ3) is 12.1. The van der Waals surface area contributed by atoms with E-state index >= 15 is 0 Å². The van der Waals surface area contributed by atoms with Gasteiger partial charge < -0.3 is 10.8 Å². The van der Waals surface area contributed by atoms with E-state index in [4.69, 9.17) is 10.8 Å². The number of aromatic nitrogens is 8. The van der Waals surface area contributed by atoms with E-state index in [1.165, 1.54) is 10.3 Å². The molecule has 29 heavy (non-hydrogen) atoms. The van der Waals surface area contributed by atoms with Gasteiger partial charge in [-0.15, -0.1) is 0 Å². The molecule has 4 heterocycles. The standard InChI is InChI=1S/2C7H8N4.2CNS.Cu/c2*1-3-8-10(5-1)7-11-6-2-4-9-11;2*2-1-3;/h2*1-6H,7H2;;;/q;;2*-1;+2. The molecule has 0 atom stereocenters. The smallest absolute Gasteiger partial charge is 0.753 e. The van der Waals surface area contributed by atoms with E-state index < -0.39 is 0 Å². The van der Waals surface area contributed by atoms with Crippen molar-refractivity contribution in [1.82, 2.24) is 39.1 Å². The second-order valence-corrected chi connectivity index (χ2v) is 5.01. The first-order chi connectivity index (χ1) is 13.7. The van der Waals surface area contributed by atoms with Gasteiger partial charge in [0, 0.05) is 49.6 Å². The summed E-state index contributed by atoms with van der Waals surface area (Å²) < 4.78 is 7.25. The third-order valence-corrected chi connectivity index (χ3v) is 2.82. The van der Waals surface area contributed by atoms with Crippen molar-refractivity contribution in [2.45, 2.75) is 13.3 Å². The predicted molar refractivity (Wildman–Crippen MR) is 112 cm³/mol. The Labute approximate surface area is 188 Å². The SMILES string of the molecule is [Cu+2].[N-]=C=S.[N-]=C=S.c1cnn(Cn2cccn2)c1.c1cnn(Cn2cccn2)c1. The maximum absolute atomic E-state index is 7.13. The van der Waals surface area contributed by atoms with Gasteiger partial charge in [0.05, 0.1) is 0 Å². The molecule has 0 spiro atoms. The topological polar surface area (TPSA) is 116 Å². The second kappa shape index (κ2) is 17.1. The van der Waals surface area contributed by atoms with E-state index in [0.717, 1.165) is 0 Å². The molecular weight excluding hydrogens is 460 g/mol. The number of isothiocyanates is 2. The first-order valence-electron chi connectivity index (χ1n) is 7.65. The van der Waals surface area contributed by atoms with Crippen LogP contribution < -0.4 is 0 Å². The minimum atomic E-state index is 0. The molecule has 0 amide bonds. The minimum Gasteiger partial charge on any atom is -0.753 e. The van der Waals surface area contributed by atoms with Crippen molar-refractivity contribution in [2.75, 3.05) is 0 Å². The molecule has 13 heteroatoms. The Morgan fingerprint density at radius 1 is 0.586 bits per heavy atom. The molecule has 0 aliphatic carbocycles. The molecule has 0 aliphatic rings. The Morgan fingerprint density at radius 3 is 0.931 bits per heavy atom. The third-order valence-electron chi connectivity index (χ3n) is 2.82. The zero-order chi connectivity index (χ0) is 20.5. The summed E-state index contributed by atoms with van der Waals surface area (Å²) in [6, 6.07) is 7.57. The molecule has 0 aromatic carbocycles. The zero-order valence-corrected chi connectivity index (χ0v) is 17.5. The van der Waals surface area contributed by atoms with Crippen LogP contribution in [0.1, 0.15) is 0 Å². The largest absolute Gasteiger partial charge is 2.00 e. The van der Waals surface area contributed by atoms with E-state index in [-0.39, 0.29) is 17.1 Å². The van der Waals surface area contributed by atoms with Crippen LogP contribution in [0.4, 0.5) is 0 Å². The first kappa shape index (κ1) is 26.0. The summed E-state index contributed by atoms with van der Waals surface area (Å²) in [5, 5.41) is 33.1. The molecule has 153 valence electrons. The van der Waals surface area contributed by atoms with Crippen molar-refractivity contribution >= 4 is 34.8 Å². The number of rotatable bonds is 4. The van der Waals surface area contributed by atoms with E-state index in [9.17, 15) is 0 Å². The quantitative estimate of drug-likeness (QED) is 0.254. The molecule has 0 fully saturated rings. The van der Waals surface area contributed by atoms with Crippen molar-refractivity contribution in [3.8, 4) is 0 Å². The van der Waals surface area contributed by atoms with E-state index in [2.05, 4.69) is 44.8 Å². The minimum absolute atomic E-state index is 0. The van der Waals surface area contributed by atoms with Crippen molar-refractivity contribution < 1.29 is 17.1 Å². The monoisotopic (exact) mass is 475 g/mol. The number of hydrogen-bond donors (Lipinski definition) is 0. The molecule has 0 aliphatic heterocycles. The van der Waals surface area contributed by atoms with Crippen LogP contribution in [-0.2, 0) is 30.4 Å². The Bertz CT molecular complexity index is 764. The van der Waals surface area contributed by atoms with Crippen LogP contribution in [0.2, 0.25) is 0 Å². The van der Waals surface area contributed by atoms with Crippen LogP contribution >= 0.6 is 24.4 Å². The van der Waals surface area contributed by atoms with E-state index in [0.29, 0.717) is 13.3 Å². The van der Waals surface area contributed by atoms with Gasteiger partial charge in [0.2, 0.25) is 0 Å². The fourth-order valence-corrected chi connectivity index (χ4v) is 1.83. The molecule has 1 radical (unpaired) electrons. The van der Waals surface area contributed by atoms with Crippen LogP contribution in [0.25, 0.3) is 10.8 Å². The van der Waals surface area contributed by atoms with Gasteiger partial charge in [0.25, 0.3) is 0 Å². The van der Waals surface area contributed by atoms with Crippen LogP contribution in [0.5, 0.6) is 0 Å². The maximum Gasteiger partial charge on any atom is 2.00 e. The normalized spacial score (nSPS) is 8.28. The molecule has 0 unspecified atom stereocenters. The van der Waals surface area contributed by atoms with Gasteiger partial charge in [-0.2, -0.15) is 30.7 Å². The Kier molecular flexibility index (Phi) is 15.3. The summed E-state index contributed by atoms with van der Waals surface area (Å²) in [6.45, 7) is 1.36.